The molecule has 3 heterocycles. The molecule has 3 fully saturated rings. The molecular formula is C22H31N5O2. The number of imidazole rings is 1. The third kappa shape index (κ3) is 3.39. The van der Waals surface area contributed by atoms with Gasteiger partial charge in [-0.25, -0.2) is 4.98 Å². The van der Waals surface area contributed by atoms with Crippen molar-refractivity contribution in [2.45, 2.75) is 44.6 Å². The molecule has 7 heteroatoms. The molecule has 5 rings (SSSR count). The first-order chi connectivity index (χ1) is 14.1. The lowest BCUT2D eigenvalue weighted by Crippen LogP contribution is -2.57. The van der Waals surface area contributed by atoms with Crippen LogP contribution < -0.4 is 0 Å². The van der Waals surface area contributed by atoms with Gasteiger partial charge in [-0.15, -0.1) is 0 Å². The fraction of sp³-hybridized carbons (Fsp3) is 0.682. The molecule has 0 radical (unpaired) electrons. The largest absolute Gasteiger partial charge is 0.341 e. The summed E-state index contributed by atoms with van der Waals surface area (Å²) < 4.78 is 1.90. The number of amides is 2. The molecule has 0 spiro atoms. The Morgan fingerprint density at radius 3 is 2.59 bits per heavy atom. The summed E-state index contributed by atoms with van der Waals surface area (Å²) in [5.41, 5.74) is 2.04. The van der Waals surface area contributed by atoms with Crippen molar-refractivity contribution < 1.29 is 9.59 Å². The number of aryl methyl sites for hydroxylation is 1. The molecule has 2 amide bonds. The Morgan fingerprint density at radius 2 is 1.86 bits per heavy atom. The maximum Gasteiger partial charge on any atom is 0.289 e. The van der Waals surface area contributed by atoms with Crippen molar-refractivity contribution in [3.8, 4) is 0 Å². The number of hydrogen-bond acceptors (Lipinski definition) is 4. The third-order valence-electron chi connectivity index (χ3n) is 7.18. The molecule has 0 N–H and O–H groups in total. The van der Waals surface area contributed by atoms with Gasteiger partial charge >= 0.3 is 0 Å². The van der Waals surface area contributed by atoms with E-state index in [2.05, 4.69) is 22.0 Å². The van der Waals surface area contributed by atoms with E-state index >= 15 is 0 Å². The van der Waals surface area contributed by atoms with Crippen molar-refractivity contribution in [2.75, 3.05) is 39.3 Å². The second kappa shape index (κ2) is 7.59. The van der Waals surface area contributed by atoms with Crippen LogP contribution in [-0.2, 0) is 18.3 Å². The summed E-state index contributed by atoms with van der Waals surface area (Å²) in [6, 6.07) is 0.750. The number of fused-ring (bicyclic) bond motifs is 1. The van der Waals surface area contributed by atoms with E-state index in [1.54, 1.807) is 4.90 Å². The average molecular weight is 398 g/mol. The van der Waals surface area contributed by atoms with Crippen LogP contribution in [0.3, 0.4) is 0 Å². The predicted molar refractivity (Wildman–Crippen MR) is 110 cm³/mol. The Hall–Kier alpha value is -2.15. The van der Waals surface area contributed by atoms with Gasteiger partial charge in [0.05, 0.1) is 17.3 Å². The topological polar surface area (TPSA) is 61.7 Å². The fourth-order valence-corrected chi connectivity index (χ4v) is 5.04. The molecule has 1 aromatic rings. The summed E-state index contributed by atoms with van der Waals surface area (Å²) in [5.74, 6) is 0.625. The first-order valence-electron chi connectivity index (χ1n) is 11.2. The second-order valence-corrected chi connectivity index (χ2v) is 8.97. The molecule has 7 nitrogen and oxygen atoms in total. The molecule has 4 aliphatic rings. The number of hydrogen-bond donors (Lipinski definition) is 0. The maximum atomic E-state index is 13.0. The Kier molecular flexibility index (Phi) is 4.94. The average Bonchev–Trinajstić information content (AvgIpc) is 2.82. The quantitative estimate of drug-likeness (QED) is 0.776. The van der Waals surface area contributed by atoms with Crippen LogP contribution in [0.4, 0.5) is 0 Å². The number of likely N-dealkylation sites (tertiary alicyclic amines) is 1. The van der Waals surface area contributed by atoms with Crippen LogP contribution in [0.1, 0.15) is 54.1 Å². The minimum atomic E-state index is -0.0519. The van der Waals surface area contributed by atoms with Gasteiger partial charge < -0.3 is 14.4 Å². The van der Waals surface area contributed by atoms with Crippen LogP contribution >= 0.6 is 0 Å². The number of allylic oxidation sites excluding steroid dienone is 1. The van der Waals surface area contributed by atoms with Gasteiger partial charge in [0.2, 0.25) is 5.91 Å². The van der Waals surface area contributed by atoms with Crippen molar-refractivity contribution in [3.05, 3.63) is 23.3 Å². The molecule has 2 saturated heterocycles. The standard InChI is InChI=1S/C22H31N5O2/c1-24-19-9-3-2-8-18(19)23-20(24)22(29)27-14-16(15-27)21(28)26-11-5-10-25(12-13-26)17-6-4-7-17/h3,9,16-17H,2,4-8,10-15H2,1H3. The molecule has 0 bridgehead atoms. The van der Waals surface area contributed by atoms with Gasteiger partial charge in [0.1, 0.15) is 0 Å². The lowest BCUT2D eigenvalue weighted by Gasteiger charge is -2.40. The van der Waals surface area contributed by atoms with Gasteiger partial charge in [-0.3, -0.25) is 14.5 Å². The Labute approximate surface area is 172 Å². The maximum absolute atomic E-state index is 13.0. The number of rotatable bonds is 3. The molecule has 29 heavy (non-hydrogen) atoms. The Bertz CT molecular complexity index is 835. The van der Waals surface area contributed by atoms with E-state index in [1.165, 1.54) is 19.3 Å². The summed E-state index contributed by atoms with van der Waals surface area (Å²) in [6.45, 7) is 4.84. The molecule has 0 atom stereocenters. The SMILES string of the molecule is Cn1c(C(=O)N2CC(C(=O)N3CCCN(C4CCC4)CC3)C2)nc2c1C=CCC2. The van der Waals surface area contributed by atoms with Gasteiger partial charge in [-0.05, 0) is 38.2 Å². The minimum Gasteiger partial charge on any atom is -0.341 e. The van der Waals surface area contributed by atoms with Gasteiger partial charge in [0.25, 0.3) is 5.91 Å². The normalized spacial score (nSPS) is 23.3. The minimum absolute atomic E-state index is 0.0497. The van der Waals surface area contributed by atoms with Crippen LogP contribution in [-0.4, -0.2) is 81.4 Å². The van der Waals surface area contributed by atoms with E-state index < -0.39 is 0 Å². The summed E-state index contributed by atoms with van der Waals surface area (Å²) >= 11 is 0. The van der Waals surface area contributed by atoms with Crippen LogP contribution in [0.15, 0.2) is 6.08 Å². The zero-order valence-electron chi connectivity index (χ0n) is 17.3. The number of carbonyl (C=O) groups is 2. The Morgan fingerprint density at radius 1 is 1.03 bits per heavy atom. The van der Waals surface area contributed by atoms with E-state index in [4.69, 9.17) is 0 Å². The van der Waals surface area contributed by atoms with Crippen molar-refractivity contribution in [1.82, 2.24) is 24.3 Å². The highest BCUT2D eigenvalue weighted by molar-refractivity contribution is 5.94. The molecule has 2 aliphatic carbocycles. The van der Waals surface area contributed by atoms with Crippen LogP contribution in [0.2, 0.25) is 0 Å². The van der Waals surface area contributed by atoms with Gasteiger partial charge in [-0.1, -0.05) is 12.5 Å². The monoisotopic (exact) mass is 397 g/mol. The summed E-state index contributed by atoms with van der Waals surface area (Å²) in [6.07, 6.45) is 11.1. The molecule has 0 unspecified atom stereocenters. The molecule has 1 saturated carbocycles. The van der Waals surface area contributed by atoms with E-state index in [0.717, 1.165) is 62.9 Å². The Balaban J connectivity index is 1.16. The van der Waals surface area contributed by atoms with Crippen LogP contribution in [0.25, 0.3) is 6.08 Å². The van der Waals surface area contributed by atoms with E-state index in [0.29, 0.717) is 18.9 Å². The first kappa shape index (κ1) is 18.9. The zero-order chi connectivity index (χ0) is 20.0. The van der Waals surface area contributed by atoms with Crippen molar-refractivity contribution in [2.24, 2.45) is 13.0 Å². The van der Waals surface area contributed by atoms with Crippen molar-refractivity contribution >= 4 is 17.9 Å². The van der Waals surface area contributed by atoms with E-state index in [1.807, 2.05) is 16.5 Å². The fourth-order valence-electron chi connectivity index (χ4n) is 5.04. The summed E-state index contributed by atoms with van der Waals surface area (Å²) in [4.78, 5) is 36.8. The molecular weight excluding hydrogens is 366 g/mol. The van der Waals surface area contributed by atoms with E-state index in [-0.39, 0.29) is 17.7 Å². The highest BCUT2D eigenvalue weighted by Crippen LogP contribution is 2.27. The summed E-state index contributed by atoms with van der Waals surface area (Å²) in [7, 11) is 1.90. The molecule has 1 aromatic heterocycles. The van der Waals surface area contributed by atoms with Crippen molar-refractivity contribution in [3.63, 3.8) is 0 Å². The number of nitrogens with zero attached hydrogens (tertiary/aromatic N) is 5. The first-order valence-corrected chi connectivity index (χ1v) is 11.2. The number of aromatic nitrogens is 2. The van der Waals surface area contributed by atoms with Crippen LogP contribution in [0, 0.1) is 5.92 Å². The van der Waals surface area contributed by atoms with E-state index in [9.17, 15) is 9.59 Å². The highest BCUT2D eigenvalue weighted by Gasteiger charge is 2.40. The van der Waals surface area contributed by atoms with Gasteiger partial charge in [0, 0.05) is 52.4 Å². The third-order valence-corrected chi connectivity index (χ3v) is 7.18. The van der Waals surface area contributed by atoms with Gasteiger partial charge in [0.15, 0.2) is 5.82 Å². The highest BCUT2D eigenvalue weighted by atomic mass is 16.2. The summed E-state index contributed by atoms with van der Waals surface area (Å²) in [5, 5.41) is 0. The molecule has 156 valence electrons. The zero-order valence-corrected chi connectivity index (χ0v) is 17.3. The van der Waals surface area contributed by atoms with Crippen molar-refractivity contribution in [1.29, 1.82) is 0 Å². The second-order valence-electron chi connectivity index (χ2n) is 8.97. The smallest absolute Gasteiger partial charge is 0.289 e. The lowest BCUT2D eigenvalue weighted by atomic mass is 9.91. The lowest BCUT2D eigenvalue weighted by molar-refractivity contribution is -0.139. The predicted octanol–water partition coefficient (Wildman–Crippen LogP) is 1.54. The molecule has 0 aromatic carbocycles. The van der Waals surface area contributed by atoms with Gasteiger partial charge in [-0.2, -0.15) is 0 Å². The van der Waals surface area contributed by atoms with Crippen LogP contribution in [0.5, 0.6) is 0 Å². The molecule has 2 aliphatic heterocycles. The number of carbonyl (C=O) groups excluding carboxylic acids is 2.